The molecule has 0 radical (unpaired) electrons. The van der Waals surface area contributed by atoms with E-state index in [4.69, 9.17) is 19.6 Å². The van der Waals surface area contributed by atoms with Crippen molar-refractivity contribution >= 4 is 81.7 Å². The molecule has 0 saturated heterocycles. The summed E-state index contributed by atoms with van der Waals surface area (Å²) in [6.45, 7) is 6.51. The highest BCUT2D eigenvalue weighted by atomic mass is 19.1. The van der Waals surface area contributed by atoms with E-state index >= 15 is 4.39 Å². The third-order valence-corrected chi connectivity index (χ3v) is 14.0. The number of anilines is 1. The molecule has 6 rings (SSSR count). The number of hydrogen-bond donors (Lipinski definition) is 9. The summed E-state index contributed by atoms with van der Waals surface area (Å²) in [6.07, 6.45) is 3.22. The van der Waals surface area contributed by atoms with Gasteiger partial charge in [-0.1, -0.05) is 27.7 Å². The number of amides is 9. The van der Waals surface area contributed by atoms with E-state index in [0.29, 0.717) is 47.2 Å². The number of imide groups is 1. The molecule has 0 unspecified atom stereocenters. The van der Waals surface area contributed by atoms with Crippen molar-refractivity contribution in [3.63, 3.8) is 0 Å². The van der Waals surface area contributed by atoms with E-state index in [1.54, 1.807) is 26.8 Å². The molecule has 2 aromatic heterocycles. The van der Waals surface area contributed by atoms with Crippen LogP contribution in [0.4, 0.5) is 10.1 Å². The molecule has 0 bridgehead atoms. The van der Waals surface area contributed by atoms with E-state index in [1.165, 1.54) is 17.6 Å². The predicted molar refractivity (Wildman–Crippen MR) is 291 cm³/mol. The number of rotatable bonds is 31. The minimum atomic E-state index is -2.04. The second-order valence-corrected chi connectivity index (χ2v) is 20.3. The fourth-order valence-electron chi connectivity index (χ4n) is 9.54. The van der Waals surface area contributed by atoms with Crippen molar-refractivity contribution in [1.29, 1.82) is 0 Å². The van der Waals surface area contributed by atoms with Crippen LogP contribution >= 0.6 is 0 Å². The topological polar surface area (TPSA) is 378 Å². The highest BCUT2D eigenvalue weighted by Gasteiger charge is 2.45. The van der Waals surface area contributed by atoms with Gasteiger partial charge in [-0.25, -0.2) is 19.0 Å². The summed E-state index contributed by atoms with van der Waals surface area (Å²) in [4.78, 5) is 158. The molecule has 3 aromatic rings. The summed E-state index contributed by atoms with van der Waals surface area (Å²) in [6, 6.07) is 0.388. The Bertz CT molecular complexity index is 3130. The zero-order chi connectivity index (χ0) is 60.7. The van der Waals surface area contributed by atoms with Crippen LogP contribution in [0.25, 0.3) is 22.3 Å². The van der Waals surface area contributed by atoms with Crippen molar-refractivity contribution in [2.75, 3.05) is 57.9 Å². The van der Waals surface area contributed by atoms with Gasteiger partial charge in [-0.15, -0.1) is 0 Å². The zero-order valence-electron chi connectivity index (χ0n) is 46.7. The number of nitrogens with one attached hydrogen (secondary N) is 7. The van der Waals surface area contributed by atoms with Crippen molar-refractivity contribution in [2.45, 2.75) is 123 Å². The number of aliphatic carboxylic acids is 1. The smallest absolute Gasteiger partial charge is 0.343 e. The lowest BCUT2D eigenvalue weighted by Gasteiger charge is -2.31. The average Bonchev–Trinajstić information content (AvgIpc) is 4.24. The van der Waals surface area contributed by atoms with Crippen molar-refractivity contribution in [3.8, 4) is 11.4 Å². The number of fused-ring (bicyclic) bond motifs is 5. The molecule has 448 valence electrons. The Morgan fingerprint density at radius 1 is 0.783 bits per heavy atom. The van der Waals surface area contributed by atoms with Crippen molar-refractivity contribution in [1.82, 2.24) is 46.4 Å². The molecule has 4 atom stereocenters. The lowest BCUT2D eigenvalue weighted by molar-refractivity contribution is -0.172. The molecular formula is C55H69FN10O17. The highest BCUT2D eigenvalue weighted by Crippen LogP contribution is 2.41. The maximum Gasteiger partial charge on any atom is 0.343 e. The quantitative estimate of drug-likeness (QED) is 0.0176. The summed E-state index contributed by atoms with van der Waals surface area (Å²) < 4.78 is 32.4. The molecule has 28 heteroatoms. The summed E-state index contributed by atoms with van der Waals surface area (Å²) in [7, 11) is 0. The molecule has 0 saturated carbocycles. The van der Waals surface area contributed by atoms with Gasteiger partial charge in [0.1, 0.15) is 43.8 Å². The first-order valence-corrected chi connectivity index (χ1v) is 27.2. The minimum Gasteiger partial charge on any atom is -0.480 e. The Hall–Kier alpha value is -8.50. The molecule has 9 N–H and O–H groups in total. The number of carbonyl (C=O) groups excluding carboxylic acids is 10. The van der Waals surface area contributed by atoms with E-state index in [0.717, 1.165) is 23.1 Å². The van der Waals surface area contributed by atoms with Gasteiger partial charge in [0.25, 0.3) is 17.4 Å². The first kappa shape index (κ1) is 63.7. The number of unbranched alkanes of at least 4 members (excludes halogenated alkanes) is 1. The van der Waals surface area contributed by atoms with Crippen molar-refractivity contribution in [2.24, 2.45) is 5.92 Å². The monoisotopic (exact) mass is 1160 g/mol. The Balaban J connectivity index is 1.00. The zero-order valence-corrected chi connectivity index (χ0v) is 46.7. The third-order valence-electron chi connectivity index (χ3n) is 14.0. The number of esters is 1. The molecule has 83 heavy (non-hydrogen) atoms. The van der Waals surface area contributed by atoms with Crippen LogP contribution in [0.3, 0.4) is 0 Å². The van der Waals surface area contributed by atoms with E-state index in [-0.39, 0.29) is 106 Å². The van der Waals surface area contributed by atoms with Crippen molar-refractivity contribution in [3.05, 3.63) is 68.8 Å². The maximum atomic E-state index is 15.8. The van der Waals surface area contributed by atoms with Gasteiger partial charge in [0.2, 0.25) is 41.4 Å². The number of hydrogen-bond acceptors (Lipinski definition) is 17. The number of aromatic nitrogens is 2. The molecule has 0 fully saturated rings. The van der Waals surface area contributed by atoms with Gasteiger partial charge >= 0.3 is 11.9 Å². The van der Waals surface area contributed by atoms with Crippen LogP contribution in [-0.2, 0) is 92.1 Å². The minimum absolute atomic E-state index is 0.00661. The second-order valence-electron chi connectivity index (χ2n) is 20.3. The number of ether oxygens (including phenoxy) is 3. The van der Waals surface area contributed by atoms with Crippen LogP contribution < -0.4 is 42.8 Å². The lowest BCUT2D eigenvalue weighted by atomic mass is 9.86. The number of carboxylic acids is 1. The van der Waals surface area contributed by atoms with Crippen LogP contribution in [0.15, 0.2) is 35.1 Å². The van der Waals surface area contributed by atoms with E-state index in [2.05, 4.69) is 42.0 Å². The van der Waals surface area contributed by atoms with Crippen LogP contribution in [-0.4, -0.2) is 160 Å². The Morgan fingerprint density at radius 3 is 2.19 bits per heavy atom. The summed E-state index contributed by atoms with van der Waals surface area (Å²) in [5.41, 5.74) is -0.166. The van der Waals surface area contributed by atoms with Gasteiger partial charge < -0.3 is 66.2 Å². The molecular weight excluding hydrogens is 1090 g/mol. The van der Waals surface area contributed by atoms with Crippen LogP contribution in [0.5, 0.6) is 0 Å². The summed E-state index contributed by atoms with van der Waals surface area (Å²) in [5, 5.41) is 38.2. The van der Waals surface area contributed by atoms with Crippen LogP contribution in [0.2, 0.25) is 0 Å². The van der Waals surface area contributed by atoms with Gasteiger partial charge in [0, 0.05) is 67.2 Å². The molecule has 3 aliphatic rings. The fraction of sp³-hybridized carbons (Fsp3) is 0.509. The largest absolute Gasteiger partial charge is 0.480 e. The van der Waals surface area contributed by atoms with E-state index in [9.17, 15) is 62.6 Å². The normalized spacial score (nSPS) is 16.0. The van der Waals surface area contributed by atoms with Gasteiger partial charge in [0.05, 0.1) is 54.5 Å². The van der Waals surface area contributed by atoms with Crippen LogP contribution in [0, 0.1) is 11.7 Å². The number of benzene rings is 1. The first-order valence-electron chi connectivity index (χ1n) is 27.2. The second kappa shape index (κ2) is 29.0. The van der Waals surface area contributed by atoms with Crippen molar-refractivity contribution < 1.29 is 81.6 Å². The molecule has 3 aliphatic heterocycles. The molecule has 1 aromatic carbocycles. The number of halogens is 1. The first-order chi connectivity index (χ1) is 39.5. The molecule has 5 heterocycles. The number of nitrogens with zero attached hydrogens (tertiary/aromatic N) is 3. The number of pyridine rings is 2. The highest BCUT2D eigenvalue weighted by molar-refractivity contribution is 6.13. The number of aryl methyl sites for hydroxylation is 1. The van der Waals surface area contributed by atoms with Gasteiger partial charge in [-0.05, 0) is 69.1 Å². The van der Waals surface area contributed by atoms with Gasteiger partial charge in [-0.2, -0.15) is 0 Å². The number of cyclic esters (lactones) is 1. The molecule has 27 nitrogen and oxygen atoms in total. The van der Waals surface area contributed by atoms with Gasteiger partial charge in [-0.3, -0.25) is 52.8 Å². The molecule has 0 spiro atoms. The maximum absolute atomic E-state index is 15.8. The summed E-state index contributed by atoms with van der Waals surface area (Å²) >= 11 is 0. The van der Waals surface area contributed by atoms with Crippen LogP contribution in [0.1, 0.15) is 102 Å². The third kappa shape index (κ3) is 16.2. The lowest BCUT2D eigenvalue weighted by Crippen LogP contribution is -2.58. The molecule has 0 aliphatic carbocycles. The Kier molecular flexibility index (Phi) is 22.2. The fourth-order valence-corrected chi connectivity index (χ4v) is 9.54. The van der Waals surface area contributed by atoms with E-state index in [1.807, 2.05) is 6.92 Å². The SMILES string of the molecule is CCc1c2c(nc3cc(F)c(NC(=O)CNC(=O)[C@H](C)NC(=O)[C@@H](NC(=O)[C@H](CCCCNC(=O)CCOCCNC(=O)COCC(=O)O)NC(=O)CCCN4C(=O)C=CC4=O)C(C)C)cc13)-c1cc3c(c(=O)n1C2)COC(=O)[C@]3(O)CC. The molecule has 9 amide bonds. The van der Waals surface area contributed by atoms with E-state index < -0.39 is 120 Å². The standard InChI is InChI=1S/C55H69FN10O17/c1-6-31-32-21-39(36(56)23-38(32)63-49-33(31)25-66-40(49)22-35-34(53(66)78)26-83-54(79)55(35,80)7-2)62-43(69)24-59-50(75)30(5)60-52(77)48(29(3)4)64-51(76)37(61-42(68)12-10-18-65-45(71)13-14-46(65)72)11-8-9-16-57-41(67)15-19-81-20-17-58-44(70)27-82-28-47(73)74/h13-14,21-23,29-30,37,48,80H,6-12,15-20,24-28H2,1-5H3,(H,57,67)(H,58,70)(H,59,75)(H,60,77)(H,61,68)(H,62,69)(H,64,76)(H,73,74)/t30-,37-,48-,55-/m0/s1. The Morgan fingerprint density at radius 2 is 1.51 bits per heavy atom. The van der Waals surface area contributed by atoms with Gasteiger partial charge in [0.15, 0.2) is 5.60 Å². The number of carbonyl (C=O) groups is 11. The number of carboxylic acid groups (broad SMARTS) is 1. The number of aliphatic hydroxyl groups is 1. The Labute approximate surface area is 475 Å². The summed E-state index contributed by atoms with van der Waals surface area (Å²) in [5.74, 6) is -9.15. The predicted octanol–water partition coefficient (Wildman–Crippen LogP) is -0.418. The average molecular weight is 1160 g/mol.